The lowest BCUT2D eigenvalue weighted by atomic mass is 10.2. The van der Waals surface area contributed by atoms with Gasteiger partial charge in [-0.1, -0.05) is 175 Å². The van der Waals surface area contributed by atoms with E-state index in [1.54, 1.807) is 0 Å². The van der Waals surface area contributed by atoms with Crippen LogP contribution in [0, 0.1) is 0 Å². The smallest absolute Gasteiger partial charge is 0.119 e. The Bertz CT molecular complexity index is 1630. The van der Waals surface area contributed by atoms with Gasteiger partial charge in [-0.2, -0.15) is 0 Å². The molecule has 10 heterocycles. The predicted molar refractivity (Wildman–Crippen MR) is 428 cm³/mol. The average Bonchev–Trinajstić information content (AvgIpc) is 3.62. The Labute approximate surface area is 560 Å². The zero-order chi connectivity index (χ0) is 71.1. The molecule has 0 N–H and O–H groups in total. The zero-order valence-electron chi connectivity index (χ0n) is 64.6. The number of hydrogen-bond acceptors (Lipinski definition) is 14. The fraction of sp³-hybridized carbons (Fsp3) is 0.658. The first-order valence-electron chi connectivity index (χ1n) is 35.1. The van der Waals surface area contributed by atoms with Crippen molar-refractivity contribution in [2.75, 3.05) is 65.4 Å². The molecule has 10 aliphatic rings. The first-order chi connectivity index (χ1) is 43.9. The lowest BCUT2D eigenvalue weighted by Crippen LogP contribution is -2.03. The maximum Gasteiger partial charge on any atom is 0.119 e. The van der Waals surface area contributed by atoms with Crippen molar-refractivity contribution in [3.63, 3.8) is 0 Å². The van der Waals surface area contributed by atoms with Crippen LogP contribution in [-0.4, -0.2) is 150 Å². The molecule has 14 heteroatoms. The van der Waals surface area contributed by atoms with E-state index in [-0.39, 0.29) is 0 Å². The molecule has 0 unspecified atom stereocenters. The number of rotatable bonds is 0. The van der Waals surface area contributed by atoms with Crippen LogP contribution in [0.15, 0.2) is 141 Å². The van der Waals surface area contributed by atoms with E-state index in [1.807, 2.05) is 244 Å². The van der Waals surface area contributed by atoms with E-state index >= 15 is 0 Å². The minimum Gasteiger partial charge on any atom is -0.293 e. The lowest BCUT2D eigenvalue weighted by Gasteiger charge is -1.96. The molecule has 0 atom stereocenters. The quantitative estimate of drug-likeness (QED) is 0.225. The van der Waals surface area contributed by atoms with Gasteiger partial charge in [0, 0.05) is 136 Å². The zero-order valence-corrected chi connectivity index (χ0v) is 64.6. The molecule has 0 bridgehead atoms. The van der Waals surface area contributed by atoms with Crippen LogP contribution < -0.4 is 0 Å². The number of allylic oxidation sites excluding steroid dienone is 8. The second-order valence-electron chi connectivity index (χ2n) is 16.6. The number of amidine groups is 2. The summed E-state index contributed by atoms with van der Waals surface area (Å²) in [6, 6.07) is 0. The summed E-state index contributed by atoms with van der Waals surface area (Å²) in [7, 11) is 0. The number of hydrogen-bond donors (Lipinski definition) is 0. The predicted octanol–water partition coefficient (Wildman–Crippen LogP) is 22.2. The summed E-state index contributed by atoms with van der Waals surface area (Å²) in [6.07, 6.45) is 43.5. The summed E-state index contributed by atoms with van der Waals surface area (Å²) in [5, 5.41) is 0. The Morgan fingerprint density at radius 2 is 0.522 bits per heavy atom. The summed E-state index contributed by atoms with van der Waals surface area (Å²) in [5.74, 6) is 1.82. The molecule has 10 aliphatic heterocycles. The summed E-state index contributed by atoms with van der Waals surface area (Å²) >= 11 is 0. The molecule has 0 fully saturated rings. The highest BCUT2D eigenvalue weighted by atomic mass is 14.9. The molecule has 0 amide bonds. The second kappa shape index (κ2) is 102. The summed E-state index contributed by atoms with van der Waals surface area (Å²) in [4.78, 5) is 56.8. The van der Waals surface area contributed by atoms with Crippen molar-refractivity contribution in [1.29, 1.82) is 0 Å². The van der Waals surface area contributed by atoms with E-state index in [9.17, 15) is 0 Å². The maximum absolute atomic E-state index is 4.16. The van der Waals surface area contributed by atoms with Crippen molar-refractivity contribution in [3.8, 4) is 0 Å². The van der Waals surface area contributed by atoms with Gasteiger partial charge in [0.05, 0.1) is 26.2 Å². The highest BCUT2D eigenvalue weighted by molar-refractivity contribution is 6.30. The highest BCUT2D eigenvalue weighted by Crippen LogP contribution is 2.04. The molecule has 10 rings (SSSR count). The second-order valence-corrected chi connectivity index (χ2v) is 16.6. The van der Waals surface area contributed by atoms with Crippen LogP contribution >= 0.6 is 0 Å². The standard InChI is InChI=1S/6C6H9N.4C5H8N2.10C2H6/c2*1-6-3-2-4-7-5-6;4*1-6-4-2-3-5-7-6;2*1-5-4-6-2-3-7-5;2*1-5-6-3-2-4-7-5;10*1-2/h2*3,5H,2,4H2,1H3;2*4-5H,2-3H2,1H3;2*2,4H,3,5H2,1H3;2*4H,2-3H2,1H3;2*3H,2,4H2,1H3;10*1-2H3. The van der Waals surface area contributed by atoms with E-state index in [4.69, 9.17) is 0 Å². The van der Waals surface area contributed by atoms with E-state index in [0.717, 1.165) is 163 Å². The molecule has 0 radical (unpaired) electrons. The first kappa shape index (κ1) is 106. The SMILES string of the molecule is CC.CC.CC.CC.CC.CC.CC.CC.CC.CC.CC1=CCCC=N1.CC1=CCCC=N1.CC1=CCCN=C1.CC1=CCCN=C1.CC1=NCCC=C1.CC1=NCCC=C1.CC1=NCCC=N1.CC1=NCCC=N1.CC1=NCCN=C1.CC1=NCCN=C1. The molecule has 0 saturated carbocycles. The van der Waals surface area contributed by atoms with Gasteiger partial charge in [-0.25, -0.2) is 9.98 Å². The van der Waals surface area contributed by atoms with Crippen LogP contribution in [0.4, 0.5) is 0 Å². The van der Waals surface area contributed by atoms with Crippen LogP contribution in [0.1, 0.15) is 272 Å². The highest BCUT2D eigenvalue weighted by Gasteiger charge is 1.94. The van der Waals surface area contributed by atoms with E-state index in [2.05, 4.69) is 132 Å². The summed E-state index contributed by atoms with van der Waals surface area (Å²) in [6.45, 7) is 69.3. The van der Waals surface area contributed by atoms with Gasteiger partial charge < -0.3 is 0 Å². The fourth-order valence-corrected chi connectivity index (χ4v) is 5.84. The number of aliphatic imine (C=N–C) groups is 14. The Morgan fingerprint density at radius 3 is 0.633 bits per heavy atom. The Balaban J connectivity index is -0.0000000957. The van der Waals surface area contributed by atoms with Gasteiger partial charge in [-0.15, -0.1) is 0 Å². The molecular formula is C76H146N14. The molecule has 14 nitrogen and oxygen atoms in total. The summed E-state index contributed by atoms with van der Waals surface area (Å²) < 4.78 is 0. The van der Waals surface area contributed by atoms with E-state index in [1.165, 1.54) is 24.0 Å². The van der Waals surface area contributed by atoms with Gasteiger partial charge in [0.1, 0.15) is 11.7 Å². The monoisotopic (exact) mass is 1260 g/mol. The molecule has 0 aromatic heterocycles. The Morgan fingerprint density at radius 1 is 0.233 bits per heavy atom. The van der Waals surface area contributed by atoms with Crippen LogP contribution in [0.5, 0.6) is 0 Å². The van der Waals surface area contributed by atoms with Crippen molar-refractivity contribution >= 4 is 84.2 Å². The van der Waals surface area contributed by atoms with Crippen molar-refractivity contribution in [2.45, 2.75) is 272 Å². The molecule has 520 valence electrons. The topological polar surface area (TPSA) is 173 Å². The van der Waals surface area contributed by atoms with Gasteiger partial charge >= 0.3 is 0 Å². The van der Waals surface area contributed by atoms with E-state index < -0.39 is 0 Å². The van der Waals surface area contributed by atoms with E-state index in [0.29, 0.717) is 0 Å². The van der Waals surface area contributed by atoms with Crippen molar-refractivity contribution in [2.24, 2.45) is 69.9 Å². The number of nitrogens with zero attached hydrogens (tertiary/aromatic N) is 14. The van der Waals surface area contributed by atoms with Gasteiger partial charge in [-0.3, -0.25) is 59.9 Å². The first-order valence-corrected chi connectivity index (χ1v) is 35.1. The van der Waals surface area contributed by atoms with Crippen LogP contribution in [0.3, 0.4) is 0 Å². The third kappa shape index (κ3) is 98.1. The van der Waals surface area contributed by atoms with Gasteiger partial charge in [0.15, 0.2) is 0 Å². The Kier molecular flexibility index (Phi) is 119. The molecule has 0 aliphatic carbocycles. The lowest BCUT2D eigenvalue weighted by molar-refractivity contribution is 0.969. The number of dihydropyridines is 4. The normalized spacial score (nSPS) is 15.7. The maximum atomic E-state index is 4.16. The molecule has 0 saturated heterocycles. The van der Waals surface area contributed by atoms with Crippen LogP contribution in [0.2, 0.25) is 0 Å². The van der Waals surface area contributed by atoms with Gasteiger partial charge in [0.2, 0.25) is 0 Å². The molecule has 0 spiro atoms. The van der Waals surface area contributed by atoms with Gasteiger partial charge in [0.25, 0.3) is 0 Å². The molecule has 0 aromatic carbocycles. The fourth-order valence-electron chi connectivity index (χ4n) is 5.84. The third-order valence-corrected chi connectivity index (χ3v) is 9.62. The average molecular weight is 1260 g/mol. The minimum atomic E-state index is 0.872. The molecular weight excluding hydrogens is 1110 g/mol. The summed E-state index contributed by atoms with van der Waals surface area (Å²) in [5.41, 5.74) is 9.32. The van der Waals surface area contributed by atoms with Crippen molar-refractivity contribution < 1.29 is 0 Å². The third-order valence-electron chi connectivity index (χ3n) is 9.62. The van der Waals surface area contributed by atoms with Crippen LogP contribution in [-0.2, 0) is 0 Å². The largest absolute Gasteiger partial charge is 0.293 e. The van der Waals surface area contributed by atoms with Gasteiger partial charge in [-0.05, 0) is 144 Å². The van der Waals surface area contributed by atoms with Crippen molar-refractivity contribution in [1.82, 2.24) is 0 Å². The minimum absolute atomic E-state index is 0.872. The van der Waals surface area contributed by atoms with Crippen molar-refractivity contribution in [3.05, 3.63) is 71.1 Å². The molecule has 0 aromatic rings. The molecule has 90 heavy (non-hydrogen) atoms. The Hall–Kier alpha value is -6.18. The van der Waals surface area contributed by atoms with Crippen LogP contribution in [0.25, 0.3) is 0 Å².